The summed E-state index contributed by atoms with van der Waals surface area (Å²) in [7, 11) is 0. The lowest BCUT2D eigenvalue weighted by molar-refractivity contribution is 0.209. The normalized spacial score (nSPS) is 11.1. The number of carbonyl (C=O) groups excluding carboxylic acids is 1. The lowest BCUT2D eigenvalue weighted by Crippen LogP contribution is -2.36. The molecule has 0 bridgehead atoms. The quantitative estimate of drug-likeness (QED) is 0.196. The molecule has 2 N–H and O–H groups in total. The van der Waals surface area contributed by atoms with Crippen molar-refractivity contribution in [3.8, 4) is 5.75 Å². The van der Waals surface area contributed by atoms with E-state index in [-0.39, 0.29) is 6.03 Å². The van der Waals surface area contributed by atoms with E-state index in [1.54, 1.807) is 0 Å². The molecule has 5 aromatic rings. The number of amides is 2. The van der Waals surface area contributed by atoms with Crippen molar-refractivity contribution in [3.05, 3.63) is 132 Å². The Hall–Kier alpha value is -4.51. The van der Waals surface area contributed by atoms with Crippen molar-refractivity contribution in [2.24, 2.45) is 0 Å². The van der Waals surface area contributed by atoms with E-state index in [4.69, 9.17) is 4.74 Å². The number of nitrogens with zero attached hydrogens (tertiary/aromatic N) is 1. The fourth-order valence-corrected chi connectivity index (χ4v) is 4.70. The fourth-order valence-electron chi connectivity index (χ4n) is 4.70. The van der Waals surface area contributed by atoms with Gasteiger partial charge in [0, 0.05) is 35.9 Å². The monoisotopic (exact) mass is 517 g/mol. The molecule has 198 valence electrons. The first kappa shape index (κ1) is 26.1. The second-order valence-corrected chi connectivity index (χ2v) is 10.2. The Labute approximate surface area is 230 Å². The van der Waals surface area contributed by atoms with Gasteiger partial charge in [0.05, 0.1) is 0 Å². The third-order valence-electron chi connectivity index (χ3n) is 6.96. The number of nitrogens with one attached hydrogen (secondary N) is 2. The Morgan fingerprint density at radius 2 is 1.62 bits per heavy atom. The molecule has 1 aromatic heterocycles. The molecule has 0 spiro atoms. The molecule has 0 aliphatic rings. The molecule has 5 nitrogen and oxygen atoms in total. The first-order valence-corrected chi connectivity index (χ1v) is 13.5. The first-order chi connectivity index (χ1) is 19.0. The second kappa shape index (κ2) is 12.4. The largest absolute Gasteiger partial charge is 0.489 e. The highest BCUT2D eigenvalue weighted by Crippen LogP contribution is 2.22. The van der Waals surface area contributed by atoms with Crippen molar-refractivity contribution >= 4 is 22.6 Å². The Morgan fingerprint density at radius 3 is 2.41 bits per heavy atom. The summed E-state index contributed by atoms with van der Waals surface area (Å²) in [5.41, 5.74) is 6.48. The van der Waals surface area contributed by atoms with Crippen LogP contribution in [0.5, 0.6) is 5.75 Å². The van der Waals surface area contributed by atoms with E-state index in [2.05, 4.69) is 48.4 Å². The molecule has 39 heavy (non-hydrogen) atoms. The number of ether oxygens (including phenoxy) is 1. The van der Waals surface area contributed by atoms with Gasteiger partial charge in [0.25, 0.3) is 0 Å². The molecule has 0 atom stereocenters. The number of aromatic amines is 1. The molecule has 0 aliphatic heterocycles. The highest BCUT2D eigenvalue weighted by Gasteiger charge is 2.16. The Morgan fingerprint density at radius 1 is 0.872 bits per heavy atom. The number of anilines is 1. The average molecular weight is 518 g/mol. The van der Waals surface area contributed by atoms with Gasteiger partial charge in [-0.25, -0.2) is 4.79 Å². The predicted octanol–water partition coefficient (Wildman–Crippen LogP) is 8.15. The number of hydrogen-bond donors (Lipinski definition) is 2. The van der Waals surface area contributed by atoms with Crippen LogP contribution >= 0.6 is 0 Å². The van der Waals surface area contributed by atoms with E-state index in [1.165, 1.54) is 16.5 Å². The standard InChI is InChI=1S/C34H35N3O2/c1-25(2)28-15-17-30(18-16-28)36-34(38)37(20-19-29-22-35-33-14-7-6-13-32(29)33)23-27-11-8-12-31(21-27)39-24-26-9-4-3-5-10-26/h3-18,21-22,25,35H,19-20,23-24H2,1-2H3,(H,36,38). The lowest BCUT2D eigenvalue weighted by Gasteiger charge is -2.24. The van der Waals surface area contributed by atoms with Gasteiger partial charge >= 0.3 is 6.03 Å². The minimum absolute atomic E-state index is 0.122. The van der Waals surface area contributed by atoms with Crippen LogP contribution in [0.1, 0.15) is 42.0 Å². The molecule has 0 fully saturated rings. The molecule has 0 radical (unpaired) electrons. The van der Waals surface area contributed by atoms with Crippen LogP contribution in [-0.2, 0) is 19.6 Å². The van der Waals surface area contributed by atoms with E-state index in [0.717, 1.165) is 34.5 Å². The zero-order valence-corrected chi connectivity index (χ0v) is 22.6. The van der Waals surface area contributed by atoms with Crippen molar-refractivity contribution in [1.29, 1.82) is 0 Å². The molecule has 0 unspecified atom stereocenters. The second-order valence-electron chi connectivity index (χ2n) is 10.2. The van der Waals surface area contributed by atoms with E-state index in [1.807, 2.05) is 90.0 Å². The van der Waals surface area contributed by atoms with Crippen molar-refractivity contribution < 1.29 is 9.53 Å². The molecular formula is C34H35N3O2. The van der Waals surface area contributed by atoms with Gasteiger partial charge in [-0.1, -0.05) is 86.6 Å². The summed E-state index contributed by atoms with van der Waals surface area (Å²) in [6.45, 7) is 5.88. The van der Waals surface area contributed by atoms with E-state index >= 15 is 0 Å². The Balaban J connectivity index is 1.31. The first-order valence-electron chi connectivity index (χ1n) is 13.5. The van der Waals surface area contributed by atoms with Crippen LogP contribution in [0.2, 0.25) is 0 Å². The molecule has 4 aromatic carbocycles. The van der Waals surface area contributed by atoms with E-state index < -0.39 is 0 Å². The van der Waals surface area contributed by atoms with Crippen molar-refractivity contribution in [1.82, 2.24) is 9.88 Å². The smallest absolute Gasteiger partial charge is 0.322 e. The van der Waals surface area contributed by atoms with Crippen LogP contribution in [0.15, 0.2) is 109 Å². The van der Waals surface area contributed by atoms with Gasteiger partial charge in [0.1, 0.15) is 12.4 Å². The predicted molar refractivity (Wildman–Crippen MR) is 159 cm³/mol. The minimum Gasteiger partial charge on any atom is -0.489 e. The highest BCUT2D eigenvalue weighted by atomic mass is 16.5. The molecule has 5 rings (SSSR count). The zero-order valence-electron chi connectivity index (χ0n) is 22.6. The van der Waals surface area contributed by atoms with Gasteiger partial charge in [0.15, 0.2) is 0 Å². The van der Waals surface area contributed by atoms with Gasteiger partial charge in [-0.2, -0.15) is 0 Å². The average Bonchev–Trinajstić information content (AvgIpc) is 3.38. The number of para-hydroxylation sites is 1. The van der Waals surface area contributed by atoms with Gasteiger partial charge in [0.2, 0.25) is 0 Å². The van der Waals surface area contributed by atoms with Gasteiger partial charge in [-0.15, -0.1) is 0 Å². The van der Waals surface area contributed by atoms with Crippen LogP contribution in [-0.4, -0.2) is 22.5 Å². The number of aromatic nitrogens is 1. The lowest BCUT2D eigenvalue weighted by atomic mass is 10.0. The maximum absolute atomic E-state index is 13.5. The summed E-state index contributed by atoms with van der Waals surface area (Å²) in [5.74, 6) is 1.23. The number of urea groups is 1. The summed E-state index contributed by atoms with van der Waals surface area (Å²) >= 11 is 0. The minimum atomic E-state index is -0.122. The molecule has 0 aliphatic carbocycles. The van der Waals surface area contributed by atoms with Gasteiger partial charge < -0.3 is 19.9 Å². The molecule has 2 amide bonds. The topological polar surface area (TPSA) is 57.4 Å². The van der Waals surface area contributed by atoms with E-state index in [0.29, 0.717) is 25.6 Å². The van der Waals surface area contributed by atoms with Crippen molar-refractivity contribution in [2.45, 2.75) is 39.3 Å². The third-order valence-corrected chi connectivity index (χ3v) is 6.96. The maximum Gasteiger partial charge on any atom is 0.322 e. The number of hydrogen-bond acceptors (Lipinski definition) is 2. The molecule has 0 saturated heterocycles. The molecular weight excluding hydrogens is 482 g/mol. The highest BCUT2D eigenvalue weighted by molar-refractivity contribution is 5.89. The number of rotatable bonds is 10. The van der Waals surface area contributed by atoms with Crippen molar-refractivity contribution in [3.63, 3.8) is 0 Å². The van der Waals surface area contributed by atoms with Crippen LogP contribution in [0.25, 0.3) is 10.9 Å². The van der Waals surface area contributed by atoms with Gasteiger partial charge in [-0.05, 0) is 64.9 Å². The SMILES string of the molecule is CC(C)c1ccc(NC(=O)N(CCc2c[nH]c3ccccc23)Cc2cccc(OCc3ccccc3)c2)cc1. The number of carbonyl (C=O) groups is 1. The summed E-state index contributed by atoms with van der Waals surface area (Å²) in [5, 5.41) is 4.30. The van der Waals surface area contributed by atoms with E-state index in [9.17, 15) is 4.79 Å². The van der Waals surface area contributed by atoms with Crippen LogP contribution in [0, 0.1) is 0 Å². The van der Waals surface area contributed by atoms with Crippen LogP contribution < -0.4 is 10.1 Å². The van der Waals surface area contributed by atoms with Crippen molar-refractivity contribution in [2.75, 3.05) is 11.9 Å². The zero-order chi connectivity index (χ0) is 27.0. The molecule has 1 heterocycles. The maximum atomic E-state index is 13.5. The summed E-state index contributed by atoms with van der Waals surface area (Å²) in [6, 6.07) is 34.4. The Kier molecular flexibility index (Phi) is 8.27. The summed E-state index contributed by atoms with van der Waals surface area (Å²) < 4.78 is 6.04. The number of fused-ring (bicyclic) bond motifs is 1. The molecule has 5 heteroatoms. The number of H-pyrrole nitrogens is 1. The van der Waals surface area contributed by atoms with Crippen LogP contribution in [0.3, 0.4) is 0 Å². The Bertz CT molecular complexity index is 1510. The third kappa shape index (κ3) is 6.88. The fraction of sp³-hybridized carbons (Fsp3) is 0.206. The number of benzene rings is 4. The van der Waals surface area contributed by atoms with Crippen LogP contribution in [0.4, 0.5) is 10.5 Å². The van der Waals surface area contributed by atoms with Gasteiger partial charge in [-0.3, -0.25) is 0 Å². The summed E-state index contributed by atoms with van der Waals surface area (Å²) in [6.07, 6.45) is 2.79. The summed E-state index contributed by atoms with van der Waals surface area (Å²) in [4.78, 5) is 18.7. The molecule has 0 saturated carbocycles.